The normalized spacial score (nSPS) is 11.0. The second kappa shape index (κ2) is 9.17. The van der Waals surface area contributed by atoms with Gasteiger partial charge in [0, 0.05) is 27.7 Å². The smallest absolute Gasteiger partial charge is 0.263 e. The number of nitrogens with one attached hydrogen (secondary N) is 2. The van der Waals surface area contributed by atoms with E-state index in [1.165, 1.54) is 29.5 Å². The summed E-state index contributed by atoms with van der Waals surface area (Å²) < 4.78 is 32.1. The Morgan fingerprint density at radius 2 is 1.77 bits per heavy atom. The number of thiazole rings is 1. The fraction of sp³-hybridized carbons (Fsp3) is 0.0526. The molecule has 2 aromatic carbocycles. The Morgan fingerprint density at radius 1 is 1.07 bits per heavy atom. The van der Waals surface area contributed by atoms with Crippen LogP contribution >= 0.6 is 39.9 Å². The topological polar surface area (TPSA) is 97.1 Å². The van der Waals surface area contributed by atoms with Crippen LogP contribution in [0.4, 0.5) is 16.6 Å². The summed E-state index contributed by atoms with van der Waals surface area (Å²) in [5.74, 6) is 0.658. The van der Waals surface area contributed by atoms with Crippen LogP contribution in [0.5, 0.6) is 0 Å². The molecule has 0 saturated heterocycles. The van der Waals surface area contributed by atoms with E-state index in [-0.39, 0.29) is 27.7 Å². The molecular weight excluding hydrogens is 512 g/mol. The van der Waals surface area contributed by atoms with Crippen LogP contribution in [-0.2, 0) is 10.0 Å². The molecule has 0 radical (unpaired) electrons. The average Bonchev–Trinajstić information content (AvgIpc) is 3.31. The number of sulfonamides is 1. The van der Waals surface area contributed by atoms with Crippen molar-refractivity contribution < 1.29 is 12.9 Å². The Morgan fingerprint density at radius 3 is 2.40 bits per heavy atom. The van der Waals surface area contributed by atoms with Gasteiger partial charge in [-0.2, -0.15) is 0 Å². The number of benzene rings is 2. The molecule has 30 heavy (non-hydrogen) atoms. The molecule has 0 aliphatic rings. The summed E-state index contributed by atoms with van der Waals surface area (Å²) in [5.41, 5.74) is 2.52. The predicted octanol–water partition coefficient (Wildman–Crippen LogP) is 5.88. The van der Waals surface area contributed by atoms with Gasteiger partial charge in [-0.1, -0.05) is 28.9 Å². The zero-order valence-corrected chi connectivity index (χ0v) is 19.6. The van der Waals surface area contributed by atoms with E-state index >= 15 is 0 Å². The number of rotatable bonds is 6. The molecule has 0 spiro atoms. The summed E-state index contributed by atoms with van der Waals surface area (Å²) in [6.45, 7) is 1.68. The van der Waals surface area contributed by atoms with E-state index in [0.717, 1.165) is 16.9 Å². The van der Waals surface area contributed by atoms with Gasteiger partial charge in [-0.3, -0.25) is 4.72 Å². The summed E-state index contributed by atoms with van der Waals surface area (Å²) in [4.78, 5) is 4.67. The van der Waals surface area contributed by atoms with Crippen LogP contribution in [0.15, 0.2) is 69.4 Å². The number of hydrogen-bond acceptors (Lipinski definition) is 7. The molecule has 0 amide bonds. The minimum atomic E-state index is -3.75. The number of hydrogen-bond donors (Lipinski definition) is 2. The van der Waals surface area contributed by atoms with Gasteiger partial charge < -0.3 is 9.84 Å². The molecule has 0 fully saturated rings. The second-order valence-corrected chi connectivity index (χ2v) is 9.10. The third kappa shape index (κ3) is 5.20. The Bertz CT molecular complexity index is 1240. The van der Waals surface area contributed by atoms with Crippen molar-refractivity contribution in [3.63, 3.8) is 0 Å². The van der Waals surface area contributed by atoms with Gasteiger partial charge in [-0.05, 0) is 43.3 Å². The summed E-state index contributed by atoms with van der Waals surface area (Å²) in [7, 11) is -3.75. The van der Waals surface area contributed by atoms with Crippen LogP contribution in [0.2, 0.25) is 5.02 Å². The summed E-state index contributed by atoms with van der Waals surface area (Å²) >= 11 is 7.37. The first kappa shape index (κ1) is 22.3. The molecule has 0 aliphatic heterocycles. The third-order valence-corrected chi connectivity index (χ3v) is 6.31. The van der Waals surface area contributed by atoms with E-state index in [9.17, 15) is 8.42 Å². The van der Waals surface area contributed by atoms with E-state index in [2.05, 4.69) is 20.2 Å². The second-order valence-electron chi connectivity index (χ2n) is 6.12. The molecule has 4 aromatic rings. The van der Waals surface area contributed by atoms with Crippen LogP contribution in [0.3, 0.4) is 0 Å². The van der Waals surface area contributed by atoms with Crippen molar-refractivity contribution in [1.82, 2.24) is 10.1 Å². The van der Waals surface area contributed by atoms with Gasteiger partial charge in [0.2, 0.25) is 0 Å². The minimum absolute atomic E-state index is 0. The Labute approximate surface area is 192 Å². The highest BCUT2D eigenvalue weighted by atomic mass is 79.9. The highest BCUT2D eigenvalue weighted by molar-refractivity contribution is 8.93. The van der Waals surface area contributed by atoms with Gasteiger partial charge in [-0.15, -0.1) is 28.3 Å². The molecule has 7 nitrogen and oxygen atoms in total. The molecule has 11 heteroatoms. The van der Waals surface area contributed by atoms with Crippen molar-refractivity contribution in [3.8, 4) is 11.3 Å². The lowest BCUT2D eigenvalue weighted by Crippen LogP contribution is -2.13. The van der Waals surface area contributed by atoms with Crippen molar-refractivity contribution in [2.24, 2.45) is 0 Å². The zero-order valence-electron chi connectivity index (χ0n) is 15.5. The molecule has 2 heterocycles. The first-order chi connectivity index (χ1) is 13.9. The molecule has 0 aliphatic carbocycles. The summed E-state index contributed by atoms with van der Waals surface area (Å²) in [5, 5.41) is 10.1. The number of aromatic nitrogens is 2. The SMILES string of the molecule is Br.Cc1cc(NS(=O)(=O)c2ccc(Nc3nc(-c4ccc(Cl)cc4)cs3)cc2)no1. The van der Waals surface area contributed by atoms with Crippen molar-refractivity contribution in [2.75, 3.05) is 10.0 Å². The minimum Gasteiger partial charge on any atom is -0.360 e. The number of aryl methyl sites for hydroxylation is 1. The quantitative estimate of drug-likeness (QED) is 0.325. The Hall–Kier alpha value is -2.40. The van der Waals surface area contributed by atoms with Gasteiger partial charge in [0.05, 0.1) is 10.6 Å². The largest absolute Gasteiger partial charge is 0.360 e. The zero-order chi connectivity index (χ0) is 20.4. The van der Waals surface area contributed by atoms with Gasteiger partial charge in [0.25, 0.3) is 10.0 Å². The van der Waals surface area contributed by atoms with Gasteiger partial charge in [0.1, 0.15) is 5.76 Å². The van der Waals surface area contributed by atoms with Crippen LogP contribution in [0.1, 0.15) is 5.76 Å². The van der Waals surface area contributed by atoms with Crippen molar-refractivity contribution in [1.29, 1.82) is 0 Å². The Kier molecular flexibility index (Phi) is 6.81. The fourth-order valence-corrected chi connectivity index (χ4v) is 4.39. The molecule has 2 N–H and O–H groups in total. The molecule has 4 rings (SSSR count). The lowest BCUT2D eigenvalue weighted by molar-refractivity contribution is 0.400. The van der Waals surface area contributed by atoms with E-state index in [0.29, 0.717) is 15.9 Å². The first-order valence-corrected chi connectivity index (χ1v) is 11.2. The lowest BCUT2D eigenvalue weighted by Gasteiger charge is -2.07. The van der Waals surface area contributed by atoms with Crippen LogP contribution in [0, 0.1) is 6.92 Å². The highest BCUT2D eigenvalue weighted by Gasteiger charge is 2.16. The molecule has 2 aromatic heterocycles. The average molecular weight is 528 g/mol. The monoisotopic (exact) mass is 526 g/mol. The van der Waals surface area contributed by atoms with Crippen LogP contribution in [0.25, 0.3) is 11.3 Å². The lowest BCUT2D eigenvalue weighted by atomic mass is 10.2. The molecule has 0 bridgehead atoms. The van der Waals surface area contributed by atoms with Crippen molar-refractivity contribution >= 4 is 66.6 Å². The molecular formula is C19H16BrClN4O3S2. The first-order valence-electron chi connectivity index (χ1n) is 8.44. The highest BCUT2D eigenvalue weighted by Crippen LogP contribution is 2.28. The molecule has 0 atom stereocenters. The third-order valence-electron chi connectivity index (χ3n) is 3.93. The van der Waals surface area contributed by atoms with Crippen molar-refractivity contribution in [3.05, 3.63) is 70.8 Å². The van der Waals surface area contributed by atoms with E-state index in [1.54, 1.807) is 19.1 Å². The van der Waals surface area contributed by atoms with Gasteiger partial charge in [-0.25, -0.2) is 13.4 Å². The van der Waals surface area contributed by atoms with Gasteiger partial charge in [0.15, 0.2) is 10.9 Å². The van der Waals surface area contributed by atoms with E-state index in [1.807, 2.05) is 29.6 Å². The maximum Gasteiger partial charge on any atom is 0.263 e. The Balaban J connectivity index is 0.00000256. The van der Waals surface area contributed by atoms with Crippen LogP contribution in [-0.4, -0.2) is 18.6 Å². The van der Waals surface area contributed by atoms with Crippen LogP contribution < -0.4 is 10.0 Å². The molecule has 0 unspecified atom stereocenters. The summed E-state index contributed by atoms with van der Waals surface area (Å²) in [6, 6.07) is 15.3. The maximum absolute atomic E-state index is 12.4. The fourth-order valence-electron chi connectivity index (χ4n) is 2.54. The predicted molar refractivity (Wildman–Crippen MR) is 125 cm³/mol. The molecule has 0 saturated carbocycles. The number of halogens is 2. The molecule has 156 valence electrons. The number of anilines is 3. The number of nitrogens with zero attached hydrogens (tertiary/aromatic N) is 2. The standard InChI is InChI=1S/C19H15ClN4O3S2.BrH/c1-12-10-18(23-27-12)24-29(25,26)16-8-6-15(7-9-16)21-19-22-17(11-28-19)13-2-4-14(20)5-3-13;/h2-11H,1H3,(H,21,22)(H,23,24);1H. The maximum atomic E-state index is 12.4. The summed E-state index contributed by atoms with van der Waals surface area (Å²) in [6.07, 6.45) is 0. The van der Waals surface area contributed by atoms with Crippen molar-refractivity contribution in [2.45, 2.75) is 11.8 Å². The van der Waals surface area contributed by atoms with E-state index in [4.69, 9.17) is 16.1 Å². The van der Waals surface area contributed by atoms with Gasteiger partial charge >= 0.3 is 0 Å². The van der Waals surface area contributed by atoms with E-state index < -0.39 is 10.0 Å².